The summed E-state index contributed by atoms with van der Waals surface area (Å²) in [6, 6.07) is 13.4. The average Bonchev–Trinajstić information content (AvgIpc) is 3.41. The first-order valence-corrected chi connectivity index (χ1v) is 12.4. The Bertz CT molecular complexity index is 1210. The van der Waals surface area contributed by atoms with Crippen molar-refractivity contribution in [1.82, 2.24) is 4.98 Å². The van der Waals surface area contributed by atoms with E-state index in [1.165, 1.54) is 12.1 Å². The molecule has 4 rings (SSSR count). The molecule has 0 spiro atoms. The molecule has 1 N–H and O–H groups in total. The monoisotopic (exact) mass is 511 g/mol. The van der Waals surface area contributed by atoms with Gasteiger partial charge in [0, 0.05) is 50.1 Å². The van der Waals surface area contributed by atoms with Gasteiger partial charge >= 0.3 is 6.18 Å². The van der Waals surface area contributed by atoms with Gasteiger partial charge in [-0.2, -0.15) is 13.2 Å². The average molecular weight is 512 g/mol. The number of ether oxygens (including phenoxy) is 2. The highest BCUT2D eigenvalue weighted by molar-refractivity contribution is 5.69. The van der Waals surface area contributed by atoms with Crippen molar-refractivity contribution in [1.29, 1.82) is 0 Å². The third kappa shape index (κ3) is 7.55. The molecule has 1 aromatic heterocycles. The van der Waals surface area contributed by atoms with Gasteiger partial charge in [-0.15, -0.1) is 0 Å². The van der Waals surface area contributed by atoms with Crippen molar-refractivity contribution in [3.05, 3.63) is 88.7 Å². The number of aliphatic imine (C=N–C) groups is 1. The van der Waals surface area contributed by atoms with Crippen LogP contribution in [0.5, 0.6) is 5.75 Å². The van der Waals surface area contributed by atoms with Crippen LogP contribution in [0.15, 0.2) is 65.9 Å². The number of nitrogens with zero attached hydrogens (tertiary/aromatic N) is 2. The number of hydrogen-bond donors (Lipinski definition) is 1. The summed E-state index contributed by atoms with van der Waals surface area (Å²) >= 11 is 0. The third-order valence-corrected chi connectivity index (χ3v) is 6.48. The van der Waals surface area contributed by atoms with Gasteiger partial charge < -0.3 is 19.8 Å². The molecular weight excluding hydrogens is 479 g/mol. The smallest absolute Gasteiger partial charge is 0.416 e. The van der Waals surface area contributed by atoms with Gasteiger partial charge in [0.05, 0.1) is 25.0 Å². The maximum atomic E-state index is 13.1. The van der Waals surface area contributed by atoms with Crippen LogP contribution >= 0.6 is 0 Å². The maximum absolute atomic E-state index is 13.1. The maximum Gasteiger partial charge on any atom is 0.416 e. The fourth-order valence-corrected chi connectivity index (χ4v) is 4.37. The Hall–Kier alpha value is -3.39. The van der Waals surface area contributed by atoms with Crippen molar-refractivity contribution in [3.8, 4) is 5.75 Å². The van der Waals surface area contributed by atoms with E-state index in [0.29, 0.717) is 31.1 Å². The van der Waals surface area contributed by atoms with E-state index in [0.717, 1.165) is 53.8 Å². The van der Waals surface area contributed by atoms with Gasteiger partial charge in [0.15, 0.2) is 0 Å². The number of pyridine rings is 1. The summed E-state index contributed by atoms with van der Waals surface area (Å²) < 4.78 is 50.7. The normalized spacial score (nSPS) is 16.7. The molecule has 0 amide bonds. The Morgan fingerprint density at radius 1 is 1.16 bits per heavy atom. The first-order chi connectivity index (χ1) is 17.8. The second-order valence-corrected chi connectivity index (χ2v) is 9.41. The van der Waals surface area contributed by atoms with Crippen LogP contribution in [0.25, 0.3) is 0 Å². The van der Waals surface area contributed by atoms with E-state index in [-0.39, 0.29) is 5.92 Å². The minimum atomic E-state index is -4.35. The van der Waals surface area contributed by atoms with Gasteiger partial charge in [-0.3, -0.25) is 4.98 Å². The van der Waals surface area contributed by atoms with Crippen LogP contribution in [0.2, 0.25) is 0 Å². The molecule has 0 bridgehead atoms. The number of alkyl halides is 3. The second kappa shape index (κ2) is 12.2. The molecule has 0 saturated carbocycles. The number of benzene rings is 2. The molecule has 2 unspecified atom stereocenters. The summed E-state index contributed by atoms with van der Waals surface area (Å²) in [6.45, 7) is 4.70. The molecule has 1 aliphatic heterocycles. The van der Waals surface area contributed by atoms with Gasteiger partial charge in [0.25, 0.3) is 0 Å². The standard InChI is InChI=1S/C29H32F3N3O2/c1-20-6-7-22(10-21-4-3-5-26(11-21)29(30,31)32)12-28(20)35-16-25(14-33-2)24-13-27(17-34-15-24)37-19-23-8-9-36-18-23/h3-7,11-15,17,23,25,35H,8-10,16,18-19H2,1-2H3/b33-14-. The first kappa shape index (κ1) is 26.7. The predicted molar refractivity (Wildman–Crippen MR) is 140 cm³/mol. The highest BCUT2D eigenvalue weighted by Crippen LogP contribution is 2.30. The zero-order valence-corrected chi connectivity index (χ0v) is 21.1. The lowest BCUT2D eigenvalue weighted by molar-refractivity contribution is -0.137. The van der Waals surface area contributed by atoms with E-state index in [1.807, 2.05) is 43.6 Å². The molecular formula is C29H32F3N3O2. The molecule has 196 valence electrons. The van der Waals surface area contributed by atoms with Crippen molar-refractivity contribution >= 4 is 11.9 Å². The summed E-state index contributed by atoms with van der Waals surface area (Å²) in [7, 11) is 1.74. The third-order valence-electron chi connectivity index (χ3n) is 6.48. The van der Waals surface area contributed by atoms with Crippen molar-refractivity contribution in [2.24, 2.45) is 10.9 Å². The molecule has 2 aromatic carbocycles. The van der Waals surface area contributed by atoms with Crippen LogP contribution in [0.4, 0.5) is 18.9 Å². The van der Waals surface area contributed by atoms with Crippen LogP contribution in [0, 0.1) is 12.8 Å². The van der Waals surface area contributed by atoms with E-state index in [9.17, 15) is 13.2 Å². The molecule has 37 heavy (non-hydrogen) atoms. The van der Waals surface area contributed by atoms with Crippen molar-refractivity contribution in [3.63, 3.8) is 0 Å². The molecule has 5 nitrogen and oxygen atoms in total. The Labute approximate surface area is 215 Å². The van der Waals surface area contributed by atoms with Crippen LogP contribution in [0.1, 0.15) is 40.2 Å². The number of anilines is 1. The SMILES string of the molecule is C/N=C\C(CNc1cc(Cc2cccc(C(F)(F)F)c2)ccc1C)c1cncc(OCC2CCOC2)c1. The lowest BCUT2D eigenvalue weighted by atomic mass is 9.99. The molecule has 0 aliphatic carbocycles. The molecule has 1 aliphatic rings. The number of hydrogen-bond acceptors (Lipinski definition) is 5. The quantitative estimate of drug-likeness (QED) is 0.324. The second-order valence-electron chi connectivity index (χ2n) is 9.41. The lowest BCUT2D eigenvalue weighted by Gasteiger charge is -2.18. The first-order valence-electron chi connectivity index (χ1n) is 12.4. The molecule has 3 aromatic rings. The van der Waals surface area contributed by atoms with Gasteiger partial charge in [0.1, 0.15) is 5.75 Å². The van der Waals surface area contributed by atoms with E-state index >= 15 is 0 Å². The zero-order chi connectivity index (χ0) is 26.3. The zero-order valence-electron chi connectivity index (χ0n) is 21.1. The van der Waals surface area contributed by atoms with Gasteiger partial charge in [-0.1, -0.05) is 30.3 Å². The number of aromatic nitrogens is 1. The topological polar surface area (TPSA) is 55.7 Å². The minimum absolute atomic E-state index is 0.0395. The summed E-state index contributed by atoms with van der Waals surface area (Å²) in [5.74, 6) is 1.09. The molecule has 1 saturated heterocycles. The number of nitrogens with one attached hydrogen (secondary N) is 1. The van der Waals surface area contributed by atoms with Crippen LogP contribution in [-0.2, 0) is 17.3 Å². The van der Waals surface area contributed by atoms with E-state index in [2.05, 4.69) is 15.3 Å². The van der Waals surface area contributed by atoms with Gasteiger partial charge in [0.2, 0.25) is 0 Å². The molecule has 1 fully saturated rings. The highest BCUT2D eigenvalue weighted by atomic mass is 19.4. The highest BCUT2D eigenvalue weighted by Gasteiger charge is 2.30. The van der Waals surface area contributed by atoms with Crippen molar-refractivity contribution in [2.45, 2.75) is 31.9 Å². The fraction of sp³-hybridized carbons (Fsp3) is 0.379. The van der Waals surface area contributed by atoms with E-state index < -0.39 is 11.7 Å². The molecule has 0 radical (unpaired) electrons. The lowest BCUT2D eigenvalue weighted by Crippen LogP contribution is -2.16. The van der Waals surface area contributed by atoms with Gasteiger partial charge in [-0.05, 0) is 60.2 Å². The van der Waals surface area contributed by atoms with E-state index in [1.54, 1.807) is 19.3 Å². The number of halogens is 3. The van der Waals surface area contributed by atoms with Crippen LogP contribution in [-0.4, -0.2) is 44.6 Å². The molecule has 2 atom stereocenters. The molecule has 2 heterocycles. The minimum Gasteiger partial charge on any atom is -0.492 e. The van der Waals surface area contributed by atoms with E-state index in [4.69, 9.17) is 9.47 Å². The van der Waals surface area contributed by atoms with Crippen molar-refractivity contribution < 1.29 is 22.6 Å². The predicted octanol–water partition coefficient (Wildman–Crippen LogP) is 6.31. The molecule has 8 heteroatoms. The number of aryl methyl sites for hydroxylation is 1. The largest absolute Gasteiger partial charge is 0.492 e. The summed E-state index contributed by atoms with van der Waals surface area (Å²) in [4.78, 5) is 8.61. The Morgan fingerprint density at radius 3 is 2.76 bits per heavy atom. The summed E-state index contributed by atoms with van der Waals surface area (Å²) in [5.41, 5.74) is 3.88. The van der Waals surface area contributed by atoms with Crippen LogP contribution in [0.3, 0.4) is 0 Å². The Balaban J connectivity index is 1.43. The number of rotatable bonds is 10. The van der Waals surface area contributed by atoms with Crippen LogP contribution < -0.4 is 10.1 Å². The summed E-state index contributed by atoms with van der Waals surface area (Å²) in [5, 5.41) is 3.50. The van der Waals surface area contributed by atoms with Gasteiger partial charge in [-0.25, -0.2) is 0 Å². The fourth-order valence-electron chi connectivity index (χ4n) is 4.37. The summed E-state index contributed by atoms with van der Waals surface area (Å²) in [6.07, 6.45) is 2.47. The van der Waals surface area contributed by atoms with Crippen molar-refractivity contribution in [2.75, 3.05) is 38.7 Å². The Kier molecular flexibility index (Phi) is 8.82. The Morgan fingerprint density at radius 2 is 2.00 bits per heavy atom.